The van der Waals surface area contributed by atoms with Crippen molar-refractivity contribution in [2.75, 3.05) is 26.3 Å². The highest BCUT2D eigenvalue weighted by Crippen LogP contribution is 2.16. The molecule has 1 unspecified atom stereocenters. The van der Waals surface area contributed by atoms with Crippen LogP contribution in [-0.4, -0.2) is 46.2 Å². The Morgan fingerprint density at radius 3 is 2.56 bits per heavy atom. The van der Waals surface area contributed by atoms with Gasteiger partial charge in [0.05, 0.1) is 24.1 Å². The highest BCUT2D eigenvalue weighted by Gasteiger charge is 2.26. The summed E-state index contributed by atoms with van der Waals surface area (Å²) in [6, 6.07) is 6.28. The number of carbonyl (C=O) groups excluding carboxylic acids is 1. The summed E-state index contributed by atoms with van der Waals surface area (Å²) in [5.41, 5.74) is -0.233. The van der Waals surface area contributed by atoms with Crippen LogP contribution in [0, 0.1) is 0 Å². The zero-order valence-electron chi connectivity index (χ0n) is 14.6. The SMILES string of the molecule is CCCn1c(=O)c2ccccc2n(C(C)C(=O)N2CCOCC2)c1=O. The maximum atomic E-state index is 13.0. The lowest BCUT2D eigenvalue weighted by Crippen LogP contribution is -2.48. The highest BCUT2D eigenvalue weighted by molar-refractivity contribution is 5.84. The molecule has 0 N–H and O–H groups in total. The van der Waals surface area contributed by atoms with Gasteiger partial charge in [-0.2, -0.15) is 0 Å². The normalized spacial score (nSPS) is 16.2. The summed E-state index contributed by atoms with van der Waals surface area (Å²) >= 11 is 0. The number of nitrogens with zero attached hydrogens (tertiary/aromatic N) is 3. The zero-order valence-corrected chi connectivity index (χ0v) is 14.6. The fourth-order valence-corrected chi connectivity index (χ4v) is 3.28. The Bertz CT molecular complexity index is 893. The molecule has 0 radical (unpaired) electrons. The van der Waals surface area contributed by atoms with Gasteiger partial charge >= 0.3 is 5.69 Å². The van der Waals surface area contributed by atoms with Crippen LogP contribution in [-0.2, 0) is 16.1 Å². The number of carbonyl (C=O) groups is 1. The van der Waals surface area contributed by atoms with Crippen LogP contribution in [0.1, 0.15) is 26.3 Å². The van der Waals surface area contributed by atoms with Gasteiger partial charge in [-0.25, -0.2) is 4.79 Å². The van der Waals surface area contributed by atoms with Gasteiger partial charge in [0.2, 0.25) is 5.91 Å². The molecule has 0 aliphatic carbocycles. The maximum absolute atomic E-state index is 13.0. The Labute approximate surface area is 145 Å². The molecule has 25 heavy (non-hydrogen) atoms. The van der Waals surface area contributed by atoms with E-state index in [1.165, 1.54) is 9.13 Å². The third-order valence-electron chi connectivity index (χ3n) is 4.59. The van der Waals surface area contributed by atoms with Crippen molar-refractivity contribution >= 4 is 16.8 Å². The first kappa shape index (κ1) is 17.4. The molecule has 0 spiro atoms. The van der Waals surface area contributed by atoms with Crippen molar-refractivity contribution in [1.29, 1.82) is 0 Å². The first-order chi connectivity index (χ1) is 12.1. The van der Waals surface area contributed by atoms with E-state index in [1.807, 2.05) is 6.92 Å². The maximum Gasteiger partial charge on any atom is 0.332 e. The van der Waals surface area contributed by atoms with Crippen molar-refractivity contribution in [2.24, 2.45) is 0 Å². The molecular weight excluding hydrogens is 322 g/mol. The number of para-hydroxylation sites is 1. The van der Waals surface area contributed by atoms with Crippen LogP contribution >= 0.6 is 0 Å². The van der Waals surface area contributed by atoms with Gasteiger partial charge in [-0.3, -0.25) is 18.7 Å². The van der Waals surface area contributed by atoms with Crippen LogP contribution in [0.25, 0.3) is 10.9 Å². The molecule has 1 fully saturated rings. The smallest absolute Gasteiger partial charge is 0.332 e. The number of fused-ring (bicyclic) bond motifs is 1. The van der Waals surface area contributed by atoms with Crippen molar-refractivity contribution in [1.82, 2.24) is 14.0 Å². The van der Waals surface area contributed by atoms with Crippen LogP contribution in [0.5, 0.6) is 0 Å². The Morgan fingerprint density at radius 2 is 1.88 bits per heavy atom. The van der Waals surface area contributed by atoms with Crippen LogP contribution in [0.4, 0.5) is 0 Å². The van der Waals surface area contributed by atoms with E-state index in [0.29, 0.717) is 50.2 Å². The molecule has 1 amide bonds. The third kappa shape index (κ3) is 3.11. The fraction of sp³-hybridized carbons (Fsp3) is 0.500. The van der Waals surface area contributed by atoms with Crippen molar-refractivity contribution in [3.8, 4) is 0 Å². The quantitative estimate of drug-likeness (QED) is 0.828. The van der Waals surface area contributed by atoms with E-state index in [-0.39, 0.29) is 11.5 Å². The molecule has 134 valence electrons. The van der Waals surface area contributed by atoms with Gasteiger partial charge in [-0.15, -0.1) is 0 Å². The number of amides is 1. The van der Waals surface area contributed by atoms with Crippen LogP contribution in [0.15, 0.2) is 33.9 Å². The molecule has 3 rings (SSSR count). The van der Waals surface area contributed by atoms with E-state index in [4.69, 9.17) is 4.74 Å². The van der Waals surface area contributed by atoms with E-state index < -0.39 is 11.7 Å². The van der Waals surface area contributed by atoms with Gasteiger partial charge in [0, 0.05) is 19.6 Å². The third-order valence-corrected chi connectivity index (χ3v) is 4.59. The summed E-state index contributed by atoms with van der Waals surface area (Å²) in [6.07, 6.45) is 0.666. The summed E-state index contributed by atoms with van der Waals surface area (Å²) in [7, 11) is 0. The molecule has 7 heteroatoms. The molecule has 0 saturated carbocycles. The molecular formula is C18H23N3O4. The fourth-order valence-electron chi connectivity index (χ4n) is 3.28. The first-order valence-electron chi connectivity index (χ1n) is 8.67. The second-order valence-corrected chi connectivity index (χ2v) is 6.24. The number of hydrogen-bond donors (Lipinski definition) is 0. The summed E-state index contributed by atoms with van der Waals surface area (Å²) in [5, 5.41) is 0.456. The Kier molecular flexibility index (Phi) is 5.03. The van der Waals surface area contributed by atoms with Crippen molar-refractivity contribution in [3.05, 3.63) is 45.1 Å². The molecule has 2 heterocycles. The average molecular weight is 345 g/mol. The Balaban J connectivity index is 2.15. The molecule has 1 aliphatic rings. The summed E-state index contributed by atoms with van der Waals surface area (Å²) in [6.45, 7) is 6.00. The number of rotatable bonds is 4. The Hall–Kier alpha value is -2.41. The second-order valence-electron chi connectivity index (χ2n) is 6.24. The van der Waals surface area contributed by atoms with Crippen molar-refractivity contribution in [3.63, 3.8) is 0 Å². The summed E-state index contributed by atoms with van der Waals surface area (Å²) < 4.78 is 7.96. The molecule has 1 saturated heterocycles. The minimum Gasteiger partial charge on any atom is -0.378 e. The van der Waals surface area contributed by atoms with E-state index >= 15 is 0 Å². The van der Waals surface area contributed by atoms with Crippen molar-refractivity contribution in [2.45, 2.75) is 32.9 Å². The van der Waals surface area contributed by atoms with E-state index in [1.54, 1.807) is 36.1 Å². The minimum atomic E-state index is -0.681. The lowest BCUT2D eigenvalue weighted by Gasteiger charge is -2.30. The predicted octanol–water partition coefficient (Wildman–Crippen LogP) is 0.993. The number of benzene rings is 1. The van der Waals surface area contributed by atoms with Gasteiger partial charge in [0.25, 0.3) is 5.56 Å². The number of hydrogen-bond acceptors (Lipinski definition) is 4. The van der Waals surface area contributed by atoms with E-state index in [0.717, 1.165) is 0 Å². The molecule has 7 nitrogen and oxygen atoms in total. The molecule has 1 aromatic carbocycles. The lowest BCUT2D eigenvalue weighted by atomic mass is 10.2. The highest BCUT2D eigenvalue weighted by atomic mass is 16.5. The number of ether oxygens (including phenoxy) is 1. The van der Waals surface area contributed by atoms with Gasteiger partial charge in [0.15, 0.2) is 0 Å². The molecule has 2 aromatic rings. The van der Waals surface area contributed by atoms with E-state index in [2.05, 4.69) is 0 Å². The molecule has 0 bridgehead atoms. The Morgan fingerprint density at radius 1 is 1.20 bits per heavy atom. The monoisotopic (exact) mass is 345 g/mol. The van der Waals surface area contributed by atoms with Crippen LogP contribution in [0.3, 0.4) is 0 Å². The van der Waals surface area contributed by atoms with Gasteiger partial charge < -0.3 is 9.64 Å². The minimum absolute atomic E-state index is 0.128. The first-order valence-corrected chi connectivity index (χ1v) is 8.67. The second kappa shape index (κ2) is 7.23. The number of morpholine rings is 1. The number of aromatic nitrogens is 2. The topological polar surface area (TPSA) is 73.5 Å². The summed E-state index contributed by atoms with van der Waals surface area (Å²) in [5.74, 6) is -0.128. The largest absolute Gasteiger partial charge is 0.378 e. The predicted molar refractivity (Wildman–Crippen MR) is 94.9 cm³/mol. The van der Waals surface area contributed by atoms with Gasteiger partial charge in [-0.1, -0.05) is 19.1 Å². The van der Waals surface area contributed by atoms with Gasteiger partial charge in [-0.05, 0) is 25.5 Å². The standard InChI is InChI=1S/C18H23N3O4/c1-3-8-20-17(23)14-6-4-5-7-15(14)21(18(20)24)13(2)16(22)19-9-11-25-12-10-19/h4-7,13H,3,8-12H2,1-2H3. The van der Waals surface area contributed by atoms with Crippen molar-refractivity contribution < 1.29 is 9.53 Å². The average Bonchev–Trinajstić information content (AvgIpc) is 2.65. The molecule has 1 aliphatic heterocycles. The molecule has 1 atom stereocenters. The van der Waals surface area contributed by atoms with Gasteiger partial charge in [0.1, 0.15) is 6.04 Å². The lowest BCUT2D eigenvalue weighted by molar-refractivity contribution is -0.138. The molecule has 1 aromatic heterocycles. The van der Waals surface area contributed by atoms with Crippen LogP contribution < -0.4 is 11.2 Å². The van der Waals surface area contributed by atoms with E-state index in [9.17, 15) is 14.4 Å². The van der Waals surface area contributed by atoms with Crippen LogP contribution in [0.2, 0.25) is 0 Å². The summed E-state index contributed by atoms with van der Waals surface area (Å²) in [4.78, 5) is 40.2. The zero-order chi connectivity index (χ0) is 18.0.